The fourth-order valence-electron chi connectivity index (χ4n) is 4.07. The van der Waals surface area contributed by atoms with Gasteiger partial charge < -0.3 is 9.47 Å². The molecule has 2 aromatic rings. The van der Waals surface area contributed by atoms with Crippen LogP contribution in [-0.2, 0) is 11.8 Å². The van der Waals surface area contributed by atoms with Gasteiger partial charge in [0.15, 0.2) is 5.78 Å². The van der Waals surface area contributed by atoms with E-state index in [-0.39, 0.29) is 5.78 Å². The van der Waals surface area contributed by atoms with Crippen molar-refractivity contribution in [3.05, 3.63) is 59.2 Å². The van der Waals surface area contributed by atoms with Crippen molar-refractivity contribution < 1.29 is 14.3 Å². The molecule has 0 aliphatic heterocycles. The molecule has 0 radical (unpaired) electrons. The normalized spacial score (nSPS) is 19.9. The lowest BCUT2D eigenvalue weighted by molar-refractivity contribution is 0.0865. The summed E-state index contributed by atoms with van der Waals surface area (Å²) in [6.07, 6.45) is 4.63. The summed E-state index contributed by atoms with van der Waals surface area (Å²) in [7, 11) is 3.33. The largest absolute Gasteiger partial charge is 0.497 e. The maximum atomic E-state index is 13.6. The molecule has 25 heavy (non-hydrogen) atoms. The molecule has 0 aromatic heterocycles. The van der Waals surface area contributed by atoms with Crippen LogP contribution in [0.4, 0.5) is 0 Å². The van der Waals surface area contributed by atoms with Crippen LogP contribution in [0.5, 0.6) is 11.5 Å². The van der Waals surface area contributed by atoms with E-state index in [1.165, 1.54) is 0 Å². The number of aryl methyl sites for hydroxylation is 1. The predicted octanol–water partition coefficient (Wildman–Crippen LogP) is 4.96. The molecule has 0 bridgehead atoms. The second-order valence-electron chi connectivity index (χ2n) is 6.77. The summed E-state index contributed by atoms with van der Waals surface area (Å²) >= 11 is 0. The fourth-order valence-corrected chi connectivity index (χ4v) is 4.07. The molecule has 0 spiro atoms. The molecule has 3 nitrogen and oxygen atoms in total. The van der Waals surface area contributed by atoms with E-state index in [0.717, 1.165) is 60.3 Å². The second kappa shape index (κ2) is 7.30. The summed E-state index contributed by atoms with van der Waals surface area (Å²) in [6.45, 7) is 2.15. The number of methoxy groups -OCH3 is 2. The van der Waals surface area contributed by atoms with Gasteiger partial charge in [0.1, 0.15) is 11.5 Å². The second-order valence-corrected chi connectivity index (χ2v) is 6.77. The zero-order chi connectivity index (χ0) is 17.9. The Kier molecular flexibility index (Phi) is 5.12. The Bertz CT molecular complexity index is 748. The summed E-state index contributed by atoms with van der Waals surface area (Å²) in [5.41, 5.74) is 2.61. The Labute approximate surface area is 150 Å². The number of hydrogen-bond acceptors (Lipinski definition) is 3. The molecule has 1 atom stereocenters. The van der Waals surface area contributed by atoms with Crippen molar-refractivity contribution >= 4 is 5.78 Å². The van der Waals surface area contributed by atoms with E-state index in [9.17, 15) is 4.79 Å². The molecule has 2 aromatic carbocycles. The average molecular weight is 338 g/mol. The molecule has 0 N–H and O–H groups in total. The molecule has 3 heteroatoms. The van der Waals surface area contributed by atoms with Crippen LogP contribution in [0.1, 0.15) is 54.1 Å². The third-order valence-electron chi connectivity index (χ3n) is 5.36. The minimum absolute atomic E-state index is 0.245. The molecular formula is C22H26O3. The molecule has 3 rings (SSSR count). The highest BCUT2D eigenvalue weighted by molar-refractivity contribution is 6.05. The number of fused-ring (bicyclic) bond motifs is 1. The number of carbonyl (C=O) groups is 1. The van der Waals surface area contributed by atoms with Crippen LogP contribution in [0.15, 0.2) is 42.5 Å². The third-order valence-corrected chi connectivity index (χ3v) is 5.36. The van der Waals surface area contributed by atoms with Gasteiger partial charge in [-0.05, 0) is 67.1 Å². The lowest BCUT2D eigenvalue weighted by Gasteiger charge is -2.32. The van der Waals surface area contributed by atoms with Gasteiger partial charge in [-0.15, -0.1) is 0 Å². The van der Waals surface area contributed by atoms with Crippen molar-refractivity contribution in [2.75, 3.05) is 14.2 Å². The Morgan fingerprint density at radius 1 is 1.00 bits per heavy atom. The summed E-state index contributed by atoms with van der Waals surface area (Å²) in [4.78, 5) is 13.6. The molecule has 0 amide bonds. The maximum Gasteiger partial charge on any atom is 0.173 e. The van der Waals surface area contributed by atoms with Crippen molar-refractivity contribution in [2.45, 2.75) is 44.4 Å². The average Bonchev–Trinajstić information content (AvgIpc) is 2.79. The third kappa shape index (κ3) is 3.15. The Hall–Kier alpha value is -2.29. The smallest absolute Gasteiger partial charge is 0.173 e. The van der Waals surface area contributed by atoms with Crippen LogP contribution in [0.2, 0.25) is 0 Å². The SMILES string of the molecule is CCCC1(c2ccc(OC)cc2)CCCc2cc(OC)ccc2C1=O. The van der Waals surface area contributed by atoms with Crippen LogP contribution in [0, 0.1) is 0 Å². The zero-order valence-corrected chi connectivity index (χ0v) is 15.3. The highest BCUT2D eigenvalue weighted by atomic mass is 16.5. The highest BCUT2D eigenvalue weighted by Crippen LogP contribution is 2.42. The van der Waals surface area contributed by atoms with Gasteiger partial charge in [-0.3, -0.25) is 4.79 Å². The zero-order valence-electron chi connectivity index (χ0n) is 15.3. The fraction of sp³-hybridized carbons (Fsp3) is 0.409. The Morgan fingerprint density at radius 3 is 2.32 bits per heavy atom. The molecule has 1 aliphatic carbocycles. The summed E-state index contributed by atoms with van der Waals surface area (Å²) in [6, 6.07) is 13.9. The quantitative estimate of drug-likeness (QED) is 0.723. The topological polar surface area (TPSA) is 35.5 Å². The van der Waals surface area contributed by atoms with Crippen LogP contribution in [-0.4, -0.2) is 20.0 Å². The Morgan fingerprint density at radius 2 is 1.68 bits per heavy atom. The van der Waals surface area contributed by atoms with E-state index >= 15 is 0 Å². The summed E-state index contributed by atoms with van der Waals surface area (Å²) in [5.74, 6) is 1.88. The lowest BCUT2D eigenvalue weighted by atomic mass is 9.69. The van der Waals surface area contributed by atoms with E-state index in [2.05, 4.69) is 19.1 Å². The summed E-state index contributed by atoms with van der Waals surface area (Å²) < 4.78 is 10.6. The van der Waals surface area contributed by atoms with Gasteiger partial charge in [0, 0.05) is 5.56 Å². The number of carbonyl (C=O) groups excluding carboxylic acids is 1. The molecule has 0 saturated carbocycles. The van der Waals surface area contributed by atoms with Crippen molar-refractivity contribution in [1.82, 2.24) is 0 Å². The van der Waals surface area contributed by atoms with Gasteiger partial charge in [-0.1, -0.05) is 25.5 Å². The molecule has 1 aliphatic rings. The molecule has 1 unspecified atom stereocenters. The van der Waals surface area contributed by atoms with E-state index in [1.807, 2.05) is 30.3 Å². The molecular weight excluding hydrogens is 312 g/mol. The first kappa shape index (κ1) is 17.5. The number of hydrogen-bond donors (Lipinski definition) is 0. The van der Waals surface area contributed by atoms with Crippen molar-refractivity contribution in [1.29, 1.82) is 0 Å². The minimum Gasteiger partial charge on any atom is -0.497 e. The van der Waals surface area contributed by atoms with Gasteiger partial charge in [0.25, 0.3) is 0 Å². The first-order chi connectivity index (χ1) is 12.1. The highest BCUT2D eigenvalue weighted by Gasteiger charge is 2.41. The molecule has 0 heterocycles. The molecule has 0 fully saturated rings. The van der Waals surface area contributed by atoms with Gasteiger partial charge in [-0.2, -0.15) is 0 Å². The summed E-state index contributed by atoms with van der Waals surface area (Å²) in [5, 5.41) is 0. The first-order valence-corrected chi connectivity index (χ1v) is 9.01. The molecule has 132 valence electrons. The number of Topliss-reactive ketones (excluding diaryl/α,β-unsaturated/α-hetero) is 1. The van der Waals surface area contributed by atoms with Crippen LogP contribution >= 0.6 is 0 Å². The lowest BCUT2D eigenvalue weighted by Crippen LogP contribution is -2.35. The van der Waals surface area contributed by atoms with Gasteiger partial charge in [-0.25, -0.2) is 0 Å². The van der Waals surface area contributed by atoms with E-state index in [0.29, 0.717) is 0 Å². The van der Waals surface area contributed by atoms with Crippen LogP contribution in [0.25, 0.3) is 0 Å². The van der Waals surface area contributed by atoms with Crippen molar-refractivity contribution in [3.63, 3.8) is 0 Å². The van der Waals surface area contributed by atoms with E-state index in [4.69, 9.17) is 9.47 Å². The van der Waals surface area contributed by atoms with Crippen molar-refractivity contribution in [2.24, 2.45) is 0 Å². The molecule has 0 saturated heterocycles. The maximum absolute atomic E-state index is 13.6. The number of rotatable bonds is 5. The monoisotopic (exact) mass is 338 g/mol. The van der Waals surface area contributed by atoms with Gasteiger partial charge in [0.05, 0.1) is 19.6 Å². The van der Waals surface area contributed by atoms with Crippen molar-refractivity contribution in [3.8, 4) is 11.5 Å². The Balaban J connectivity index is 2.09. The van der Waals surface area contributed by atoms with Crippen LogP contribution in [0.3, 0.4) is 0 Å². The number of benzene rings is 2. The first-order valence-electron chi connectivity index (χ1n) is 9.01. The van der Waals surface area contributed by atoms with Gasteiger partial charge in [0.2, 0.25) is 0 Å². The number of ether oxygens (including phenoxy) is 2. The van der Waals surface area contributed by atoms with E-state index < -0.39 is 5.41 Å². The number of ketones is 1. The van der Waals surface area contributed by atoms with Crippen LogP contribution < -0.4 is 9.47 Å². The predicted molar refractivity (Wildman–Crippen MR) is 99.8 cm³/mol. The standard InChI is InChI=1S/C22H26O3/c1-4-13-22(17-7-9-18(24-2)10-8-17)14-5-6-16-15-19(25-3)11-12-20(16)21(22)23/h7-12,15H,4-6,13-14H2,1-3H3. The van der Waals surface area contributed by atoms with Gasteiger partial charge >= 0.3 is 0 Å². The minimum atomic E-state index is -0.444. The van der Waals surface area contributed by atoms with E-state index in [1.54, 1.807) is 14.2 Å².